The van der Waals surface area contributed by atoms with Crippen LogP contribution in [-0.4, -0.2) is 0 Å². The second kappa shape index (κ2) is 5.59. The van der Waals surface area contributed by atoms with Crippen molar-refractivity contribution in [2.24, 2.45) is 5.73 Å². The maximum Gasteiger partial charge on any atom is 0.0451 e. The van der Waals surface area contributed by atoms with Crippen molar-refractivity contribution in [1.82, 2.24) is 0 Å². The zero-order valence-electron chi connectivity index (χ0n) is 12.9. The van der Waals surface area contributed by atoms with Crippen LogP contribution in [0.1, 0.15) is 33.4 Å². The molecule has 0 spiro atoms. The van der Waals surface area contributed by atoms with Crippen molar-refractivity contribution in [2.45, 2.75) is 41.2 Å². The molecule has 0 unspecified atom stereocenters. The topological polar surface area (TPSA) is 26.0 Å². The molecule has 2 rings (SSSR count). The number of rotatable bonds is 2. The fourth-order valence-corrected chi connectivity index (χ4v) is 3.01. The molecule has 20 heavy (non-hydrogen) atoms. The predicted molar refractivity (Wildman–Crippen MR) is 88.5 cm³/mol. The van der Waals surface area contributed by atoms with E-state index in [-0.39, 0.29) is 0 Å². The van der Waals surface area contributed by atoms with Crippen molar-refractivity contribution < 1.29 is 0 Å². The normalized spacial score (nSPS) is 10.9. The first-order valence-corrected chi connectivity index (χ1v) is 7.32. The van der Waals surface area contributed by atoms with Crippen molar-refractivity contribution in [3.05, 3.63) is 56.6 Å². The molecule has 0 atom stereocenters. The standard InChI is InChI=1S/C18H22ClN/c1-10-11(2)13(4)18(14(5)12(10)3)15-6-7-17(19)16(8-15)9-20/h6-8H,9,20H2,1-5H3. The summed E-state index contributed by atoms with van der Waals surface area (Å²) in [5, 5.41) is 0.743. The van der Waals surface area contributed by atoms with Gasteiger partial charge in [0.25, 0.3) is 0 Å². The Bertz CT molecular complexity index is 643. The summed E-state index contributed by atoms with van der Waals surface area (Å²) in [6, 6.07) is 6.15. The highest BCUT2D eigenvalue weighted by molar-refractivity contribution is 6.31. The van der Waals surface area contributed by atoms with E-state index in [0.29, 0.717) is 6.54 Å². The molecule has 2 N–H and O–H groups in total. The minimum Gasteiger partial charge on any atom is -0.326 e. The predicted octanol–water partition coefficient (Wildman–Crippen LogP) is 5.01. The van der Waals surface area contributed by atoms with Gasteiger partial charge in [-0.1, -0.05) is 17.7 Å². The van der Waals surface area contributed by atoms with Crippen LogP contribution in [-0.2, 0) is 6.54 Å². The van der Waals surface area contributed by atoms with Gasteiger partial charge in [-0.2, -0.15) is 0 Å². The maximum absolute atomic E-state index is 6.17. The van der Waals surface area contributed by atoms with Crippen LogP contribution in [0.15, 0.2) is 18.2 Å². The lowest BCUT2D eigenvalue weighted by molar-refractivity contribution is 1.07. The number of hydrogen-bond acceptors (Lipinski definition) is 1. The quantitative estimate of drug-likeness (QED) is 0.826. The third-order valence-corrected chi connectivity index (χ3v) is 4.92. The monoisotopic (exact) mass is 287 g/mol. The first-order chi connectivity index (χ1) is 9.38. The number of halogens is 1. The van der Waals surface area contributed by atoms with Gasteiger partial charge in [0.15, 0.2) is 0 Å². The van der Waals surface area contributed by atoms with Crippen molar-refractivity contribution >= 4 is 11.6 Å². The molecule has 0 fully saturated rings. The summed E-state index contributed by atoms with van der Waals surface area (Å²) in [6.45, 7) is 11.4. The van der Waals surface area contributed by atoms with Crippen molar-refractivity contribution in [3.63, 3.8) is 0 Å². The van der Waals surface area contributed by atoms with Gasteiger partial charge in [0.1, 0.15) is 0 Å². The van der Waals surface area contributed by atoms with Gasteiger partial charge in [0.2, 0.25) is 0 Å². The zero-order valence-corrected chi connectivity index (χ0v) is 13.7. The second-order valence-electron chi connectivity index (χ2n) is 5.51. The fourth-order valence-electron chi connectivity index (χ4n) is 2.82. The van der Waals surface area contributed by atoms with Crippen LogP contribution < -0.4 is 5.73 Å². The third kappa shape index (κ3) is 2.36. The molecule has 0 saturated carbocycles. The summed E-state index contributed by atoms with van der Waals surface area (Å²) < 4.78 is 0. The fraction of sp³-hybridized carbons (Fsp3) is 0.333. The van der Waals surface area contributed by atoms with Gasteiger partial charge < -0.3 is 5.73 Å². The SMILES string of the molecule is Cc1c(C)c(C)c(-c2ccc(Cl)c(CN)c2)c(C)c1C. The summed E-state index contributed by atoms with van der Waals surface area (Å²) in [5.74, 6) is 0. The lowest BCUT2D eigenvalue weighted by Gasteiger charge is -2.19. The van der Waals surface area contributed by atoms with Crippen molar-refractivity contribution in [3.8, 4) is 11.1 Å². The Morgan fingerprint density at radius 3 is 1.85 bits per heavy atom. The van der Waals surface area contributed by atoms with E-state index in [2.05, 4.69) is 46.8 Å². The molecule has 0 bridgehead atoms. The lowest BCUT2D eigenvalue weighted by Crippen LogP contribution is -2.01. The van der Waals surface area contributed by atoms with E-state index in [0.717, 1.165) is 10.6 Å². The van der Waals surface area contributed by atoms with E-state index in [1.807, 2.05) is 6.07 Å². The number of nitrogens with two attached hydrogens (primary N) is 1. The molecule has 0 aromatic heterocycles. The molecule has 0 aliphatic heterocycles. The van der Waals surface area contributed by atoms with Gasteiger partial charge in [-0.15, -0.1) is 0 Å². The van der Waals surface area contributed by atoms with E-state index < -0.39 is 0 Å². The molecule has 106 valence electrons. The Hall–Kier alpha value is -1.31. The van der Waals surface area contributed by atoms with Crippen LogP contribution >= 0.6 is 11.6 Å². The molecule has 1 nitrogen and oxygen atoms in total. The third-order valence-electron chi connectivity index (χ3n) is 4.55. The van der Waals surface area contributed by atoms with E-state index in [9.17, 15) is 0 Å². The van der Waals surface area contributed by atoms with Gasteiger partial charge in [-0.3, -0.25) is 0 Å². The minimum absolute atomic E-state index is 0.467. The molecule has 0 heterocycles. The number of hydrogen-bond donors (Lipinski definition) is 1. The molecule has 0 amide bonds. The molecule has 2 heteroatoms. The van der Waals surface area contributed by atoms with Crippen molar-refractivity contribution in [2.75, 3.05) is 0 Å². The largest absolute Gasteiger partial charge is 0.326 e. The Morgan fingerprint density at radius 2 is 1.35 bits per heavy atom. The average molecular weight is 288 g/mol. The van der Waals surface area contributed by atoms with Crippen LogP contribution in [0.5, 0.6) is 0 Å². The van der Waals surface area contributed by atoms with Gasteiger partial charge in [-0.05, 0) is 91.3 Å². The molecule has 2 aromatic rings. The molecule has 0 saturated heterocycles. The molecule has 0 aliphatic carbocycles. The average Bonchev–Trinajstić information content (AvgIpc) is 2.45. The van der Waals surface area contributed by atoms with Gasteiger partial charge >= 0.3 is 0 Å². The molecular formula is C18H22ClN. The first kappa shape index (κ1) is 15.1. The highest BCUT2D eigenvalue weighted by Crippen LogP contribution is 2.35. The van der Waals surface area contributed by atoms with Crippen LogP contribution in [0, 0.1) is 34.6 Å². The highest BCUT2D eigenvalue weighted by Gasteiger charge is 2.14. The second-order valence-corrected chi connectivity index (χ2v) is 5.92. The molecule has 2 aromatic carbocycles. The summed E-state index contributed by atoms with van der Waals surface area (Å²) in [6.07, 6.45) is 0. The van der Waals surface area contributed by atoms with E-state index in [4.69, 9.17) is 17.3 Å². The Labute approximate surface area is 126 Å². The van der Waals surface area contributed by atoms with Crippen LogP contribution in [0.3, 0.4) is 0 Å². The molecule has 0 aliphatic rings. The summed E-state index contributed by atoms with van der Waals surface area (Å²) in [4.78, 5) is 0. The van der Waals surface area contributed by atoms with Crippen LogP contribution in [0.25, 0.3) is 11.1 Å². The molecular weight excluding hydrogens is 266 g/mol. The Kier molecular flexibility index (Phi) is 4.22. The van der Waals surface area contributed by atoms with E-state index in [1.165, 1.54) is 38.9 Å². The van der Waals surface area contributed by atoms with Crippen molar-refractivity contribution in [1.29, 1.82) is 0 Å². The molecule has 0 radical (unpaired) electrons. The minimum atomic E-state index is 0.467. The Morgan fingerprint density at radius 1 is 0.850 bits per heavy atom. The lowest BCUT2D eigenvalue weighted by atomic mass is 9.86. The highest BCUT2D eigenvalue weighted by atomic mass is 35.5. The number of benzene rings is 2. The van der Waals surface area contributed by atoms with Gasteiger partial charge in [0, 0.05) is 11.6 Å². The van der Waals surface area contributed by atoms with Gasteiger partial charge in [0.05, 0.1) is 0 Å². The smallest absolute Gasteiger partial charge is 0.0451 e. The summed E-state index contributed by atoms with van der Waals surface area (Å²) in [5.41, 5.74) is 16.1. The Balaban J connectivity index is 2.76. The van der Waals surface area contributed by atoms with E-state index >= 15 is 0 Å². The maximum atomic E-state index is 6.17. The van der Waals surface area contributed by atoms with E-state index in [1.54, 1.807) is 0 Å². The summed E-state index contributed by atoms with van der Waals surface area (Å²) in [7, 11) is 0. The van der Waals surface area contributed by atoms with Crippen LogP contribution in [0.4, 0.5) is 0 Å². The first-order valence-electron chi connectivity index (χ1n) is 6.94. The summed E-state index contributed by atoms with van der Waals surface area (Å²) >= 11 is 6.17. The zero-order chi connectivity index (χ0) is 15.0. The van der Waals surface area contributed by atoms with Gasteiger partial charge in [-0.25, -0.2) is 0 Å². The van der Waals surface area contributed by atoms with Crippen LogP contribution in [0.2, 0.25) is 5.02 Å².